The zero-order valence-corrected chi connectivity index (χ0v) is 19.4. The minimum absolute atomic E-state index is 0.0128. The number of aliphatic carboxylic acids is 1. The minimum atomic E-state index is -0.995. The molecule has 2 aromatic carbocycles. The van der Waals surface area contributed by atoms with E-state index in [4.69, 9.17) is 14.2 Å². The zero-order valence-electron chi connectivity index (χ0n) is 19.4. The Morgan fingerprint density at radius 3 is 2.64 bits per heavy atom. The van der Waals surface area contributed by atoms with Crippen molar-refractivity contribution >= 4 is 11.8 Å². The lowest BCUT2D eigenvalue weighted by atomic mass is 9.67. The number of aryl methyl sites for hydroxylation is 1. The van der Waals surface area contributed by atoms with Crippen LogP contribution in [0.2, 0.25) is 0 Å². The summed E-state index contributed by atoms with van der Waals surface area (Å²) in [4.78, 5) is 25.4. The van der Waals surface area contributed by atoms with Crippen molar-refractivity contribution in [3.05, 3.63) is 53.1 Å². The molecular formula is C27H32O6. The first-order chi connectivity index (χ1) is 15.9. The molecule has 1 aliphatic heterocycles. The molecular weight excluding hydrogens is 420 g/mol. The minimum Gasteiger partial charge on any atom is -0.489 e. The van der Waals surface area contributed by atoms with Crippen molar-refractivity contribution in [2.45, 2.75) is 58.8 Å². The summed E-state index contributed by atoms with van der Waals surface area (Å²) in [5.41, 5.74) is 1.77. The number of carbonyl (C=O) groups is 2. The summed E-state index contributed by atoms with van der Waals surface area (Å²) in [5, 5.41) is 9.98. The maximum Gasteiger partial charge on any atom is 0.310 e. The summed E-state index contributed by atoms with van der Waals surface area (Å²) in [5.74, 6) is 0.888. The van der Waals surface area contributed by atoms with Gasteiger partial charge in [0.15, 0.2) is 17.3 Å². The summed E-state index contributed by atoms with van der Waals surface area (Å²) in [6.07, 6.45) is 4.54. The van der Waals surface area contributed by atoms with E-state index in [0.717, 1.165) is 25.7 Å². The average molecular weight is 453 g/mol. The largest absolute Gasteiger partial charge is 0.489 e. The molecule has 0 atom stereocenters. The van der Waals surface area contributed by atoms with Crippen LogP contribution >= 0.6 is 0 Å². The first-order valence-electron chi connectivity index (χ1n) is 11.8. The highest BCUT2D eigenvalue weighted by atomic mass is 16.7. The Hall–Kier alpha value is -3.02. The van der Waals surface area contributed by atoms with Crippen molar-refractivity contribution in [2.24, 2.45) is 11.3 Å². The Morgan fingerprint density at radius 1 is 1.15 bits per heavy atom. The third kappa shape index (κ3) is 5.15. The summed E-state index contributed by atoms with van der Waals surface area (Å²) in [6, 6.07) is 11.6. The molecule has 6 nitrogen and oxygen atoms in total. The Kier molecular flexibility index (Phi) is 6.91. The lowest BCUT2D eigenvalue weighted by Crippen LogP contribution is -2.37. The Balaban J connectivity index is 1.49. The second kappa shape index (κ2) is 9.86. The topological polar surface area (TPSA) is 82.1 Å². The van der Waals surface area contributed by atoms with Crippen molar-refractivity contribution in [1.82, 2.24) is 0 Å². The highest BCUT2D eigenvalue weighted by Gasteiger charge is 2.43. The number of carboxylic acid groups (broad SMARTS) is 1. The summed E-state index contributed by atoms with van der Waals surface area (Å²) < 4.78 is 17.1. The molecule has 0 amide bonds. The Labute approximate surface area is 194 Å². The van der Waals surface area contributed by atoms with E-state index in [2.05, 4.69) is 32.0 Å². The van der Waals surface area contributed by atoms with Gasteiger partial charge in [0.1, 0.15) is 0 Å². The second-order valence-corrected chi connectivity index (χ2v) is 9.33. The molecule has 4 rings (SSSR count). The van der Waals surface area contributed by atoms with E-state index in [1.165, 1.54) is 11.1 Å². The molecule has 2 aliphatic rings. The van der Waals surface area contributed by atoms with Crippen LogP contribution in [0.25, 0.3) is 0 Å². The van der Waals surface area contributed by atoms with Gasteiger partial charge in [-0.3, -0.25) is 9.59 Å². The molecule has 1 saturated carbocycles. The van der Waals surface area contributed by atoms with Gasteiger partial charge in [0.2, 0.25) is 12.5 Å². The third-order valence-corrected chi connectivity index (χ3v) is 7.08. The van der Waals surface area contributed by atoms with E-state index < -0.39 is 11.4 Å². The number of hydrogen-bond donors (Lipinski definition) is 1. The lowest BCUT2D eigenvalue weighted by molar-refractivity contribution is -0.151. The van der Waals surface area contributed by atoms with Gasteiger partial charge in [0.05, 0.1) is 12.0 Å². The van der Waals surface area contributed by atoms with Gasteiger partial charge in [0.25, 0.3) is 0 Å². The van der Waals surface area contributed by atoms with Crippen LogP contribution in [-0.4, -0.2) is 30.3 Å². The number of carboxylic acids is 1. The zero-order chi connectivity index (χ0) is 23.4. The van der Waals surface area contributed by atoms with Crippen molar-refractivity contribution in [2.75, 3.05) is 13.4 Å². The van der Waals surface area contributed by atoms with Gasteiger partial charge in [-0.05, 0) is 56.2 Å². The normalized spacial score (nSPS) is 21.6. The van der Waals surface area contributed by atoms with Gasteiger partial charge in [0, 0.05) is 18.4 Å². The predicted octanol–water partition coefficient (Wildman–Crippen LogP) is 5.59. The molecule has 0 saturated heterocycles. The van der Waals surface area contributed by atoms with E-state index in [1.54, 1.807) is 12.1 Å². The van der Waals surface area contributed by atoms with E-state index in [1.807, 2.05) is 6.07 Å². The van der Waals surface area contributed by atoms with Crippen molar-refractivity contribution < 1.29 is 28.9 Å². The molecule has 1 fully saturated rings. The molecule has 176 valence electrons. The van der Waals surface area contributed by atoms with Crippen LogP contribution in [0.5, 0.6) is 17.2 Å². The molecule has 0 unspecified atom stereocenters. The molecule has 6 heteroatoms. The van der Waals surface area contributed by atoms with E-state index in [0.29, 0.717) is 48.2 Å². The van der Waals surface area contributed by atoms with Crippen LogP contribution < -0.4 is 14.2 Å². The Bertz CT molecular complexity index is 1020. The standard InChI is InChI=1S/C27H32O6/c1-3-19-7-10-27(11-8-19,26(29)30)16-22(28)21-14-23(25-24(15-21)32-17-33-25)31-12-9-20-6-4-5-18(2)13-20/h4-6,13-15,19H,3,7-12,16-17H2,1-2H3,(H,29,30). The van der Waals surface area contributed by atoms with Gasteiger partial charge in [-0.15, -0.1) is 0 Å². The number of ketones is 1. The molecule has 1 N–H and O–H groups in total. The average Bonchev–Trinajstić information content (AvgIpc) is 3.28. The van der Waals surface area contributed by atoms with Crippen LogP contribution in [0.15, 0.2) is 36.4 Å². The van der Waals surface area contributed by atoms with Crippen molar-refractivity contribution in [3.8, 4) is 17.2 Å². The summed E-state index contributed by atoms with van der Waals surface area (Å²) in [7, 11) is 0. The van der Waals surface area contributed by atoms with Crippen LogP contribution in [0, 0.1) is 18.3 Å². The van der Waals surface area contributed by atoms with Gasteiger partial charge in [-0.25, -0.2) is 0 Å². The number of carbonyl (C=O) groups excluding carboxylic acids is 1. The maximum atomic E-state index is 13.2. The monoisotopic (exact) mass is 452 g/mol. The maximum absolute atomic E-state index is 13.2. The number of benzene rings is 2. The highest BCUT2D eigenvalue weighted by molar-refractivity contribution is 6.00. The van der Waals surface area contributed by atoms with Gasteiger partial charge < -0.3 is 19.3 Å². The summed E-state index contributed by atoms with van der Waals surface area (Å²) >= 11 is 0. The van der Waals surface area contributed by atoms with Gasteiger partial charge in [-0.1, -0.05) is 43.2 Å². The van der Waals surface area contributed by atoms with Crippen LogP contribution in [0.1, 0.15) is 66.9 Å². The highest BCUT2D eigenvalue weighted by Crippen LogP contribution is 2.46. The smallest absolute Gasteiger partial charge is 0.310 e. The van der Waals surface area contributed by atoms with E-state index in [-0.39, 0.29) is 19.0 Å². The van der Waals surface area contributed by atoms with Crippen LogP contribution in [0.3, 0.4) is 0 Å². The molecule has 0 bridgehead atoms. The predicted molar refractivity (Wildman–Crippen MR) is 124 cm³/mol. The molecule has 0 radical (unpaired) electrons. The Morgan fingerprint density at radius 2 is 1.94 bits per heavy atom. The SMILES string of the molecule is CCC1CCC(CC(=O)c2cc(OCCc3cccc(C)c3)c3c(c2)OCO3)(C(=O)O)CC1. The number of Topliss-reactive ketones (excluding diaryl/α,β-unsaturated/α-hetero) is 1. The number of ether oxygens (including phenoxy) is 3. The van der Waals surface area contributed by atoms with Crippen LogP contribution in [-0.2, 0) is 11.2 Å². The number of fused-ring (bicyclic) bond motifs is 1. The lowest BCUT2D eigenvalue weighted by Gasteiger charge is -2.36. The first kappa shape index (κ1) is 23.1. The fourth-order valence-corrected chi connectivity index (χ4v) is 4.91. The fraction of sp³-hybridized carbons (Fsp3) is 0.481. The number of hydrogen-bond acceptors (Lipinski definition) is 5. The molecule has 1 aliphatic carbocycles. The fourth-order valence-electron chi connectivity index (χ4n) is 4.91. The van der Waals surface area contributed by atoms with Crippen molar-refractivity contribution in [3.63, 3.8) is 0 Å². The van der Waals surface area contributed by atoms with Gasteiger partial charge in [-0.2, -0.15) is 0 Å². The second-order valence-electron chi connectivity index (χ2n) is 9.33. The third-order valence-electron chi connectivity index (χ3n) is 7.08. The van der Waals surface area contributed by atoms with Crippen LogP contribution in [0.4, 0.5) is 0 Å². The first-order valence-corrected chi connectivity index (χ1v) is 11.8. The van der Waals surface area contributed by atoms with Gasteiger partial charge >= 0.3 is 5.97 Å². The molecule has 33 heavy (non-hydrogen) atoms. The number of rotatable bonds is 9. The molecule has 2 aromatic rings. The molecule has 0 aromatic heterocycles. The molecule has 0 spiro atoms. The quantitative estimate of drug-likeness (QED) is 0.500. The van der Waals surface area contributed by atoms with E-state index in [9.17, 15) is 14.7 Å². The van der Waals surface area contributed by atoms with Crippen molar-refractivity contribution in [1.29, 1.82) is 0 Å². The molecule has 1 heterocycles. The summed E-state index contributed by atoms with van der Waals surface area (Å²) in [6.45, 7) is 4.68. The van der Waals surface area contributed by atoms with E-state index >= 15 is 0 Å².